The maximum atomic E-state index is 11.2. The predicted molar refractivity (Wildman–Crippen MR) is 70.1 cm³/mol. The molecule has 0 saturated heterocycles. The molecule has 1 amide bonds. The first-order chi connectivity index (χ1) is 7.68. The van der Waals surface area contributed by atoms with Crippen molar-refractivity contribution in [2.45, 2.75) is 26.0 Å². The van der Waals surface area contributed by atoms with E-state index in [1.54, 1.807) is 0 Å². The van der Waals surface area contributed by atoms with Crippen LogP contribution in [0.5, 0.6) is 0 Å². The van der Waals surface area contributed by atoms with Crippen molar-refractivity contribution in [2.24, 2.45) is 5.73 Å². The lowest BCUT2D eigenvalue weighted by molar-refractivity contribution is 0.139. The number of ether oxygens (including phenoxy) is 1. The zero-order valence-electron chi connectivity index (χ0n) is 9.89. The number of carbonyl (C=O) groups excluding carboxylic acids is 1. The molecule has 3 N–H and O–H groups in total. The predicted octanol–water partition coefficient (Wildman–Crippen LogP) is 2.07. The summed E-state index contributed by atoms with van der Waals surface area (Å²) in [4.78, 5) is 11.2. The van der Waals surface area contributed by atoms with Gasteiger partial charge in [-0.15, -0.1) is 12.4 Å². The van der Waals surface area contributed by atoms with Crippen molar-refractivity contribution in [2.75, 3.05) is 6.54 Å². The molecular weight excluding hydrogens is 240 g/mol. The van der Waals surface area contributed by atoms with Gasteiger partial charge in [0.2, 0.25) is 0 Å². The number of nitrogens with one attached hydrogen (secondary N) is 1. The fraction of sp³-hybridized carbons (Fsp3) is 0.417. The Bertz CT molecular complexity index is 318. The van der Waals surface area contributed by atoms with E-state index in [-0.39, 0.29) is 18.4 Å². The summed E-state index contributed by atoms with van der Waals surface area (Å²) < 4.78 is 5.02. The second-order valence-electron chi connectivity index (χ2n) is 3.75. The van der Waals surface area contributed by atoms with E-state index in [1.807, 2.05) is 37.3 Å². The Morgan fingerprint density at radius 3 is 2.65 bits per heavy atom. The number of nitrogens with two attached hydrogens (primary N) is 1. The minimum atomic E-state index is -0.399. The lowest BCUT2D eigenvalue weighted by Crippen LogP contribution is -2.29. The van der Waals surface area contributed by atoms with Crippen LogP contribution in [0.2, 0.25) is 0 Å². The largest absolute Gasteiger partial charge is 0.445 e. The number of hydrogen-bond donors (Lipinski definition) is 2. The topological polar surface area (TPSA) is 64.3 Å². The van der Waals surface area contributed by atoms with E-state index >= 15 is 0 Å². The molecule has 0 aromatic heterocycles. The van der Waals surface area contributed by atoms with Crippen LogP contribution < -0.4 is 11.1 Å². The third-order valence-electron chi connectivity index (χ3n) is 2.08. The van der Waals surface area contributed by atoms with Crippen LogP contribution in [0.4, 0.5) is 4.79 Å². The Kier molecular flexibility index (Phi) is 8.19. The summed E-state index contributed by atoms with van der Waals surface area (Å²) in [5, 5.41) is 2.64. The summed E-state index contributed by atoms with van der Waals surface area (Å²) in [6.07, 6.45) is 0.352. The quantitative estimate of drug-likeness (QED) is 0.850. The van der Waals surface area contributed by atoms with Gasteiger partial charge in [0.25, 0.3) is 0 Å². The molecule has 0 unspecified atom stereocenters. The summed E-state index contributed by atoms with van der Waals surface area (Å²) in [5.74, 6) is 0. The van der Waals surface area contributed by atoms with Crippen LogP contribution in [-0.2, 0) is 11.3 Å². The minimum Gasteiger partial charge on any atom is -0.445 e. The van der Waals surface area contributed by atoms with Gasteiger partial charge in [0, 0.05) is 12.6 Å². The lowest BCUT2D eigenvalue weighted by Gasteiger charge is -2.08. The van der Waals surface area contributed by atoms with Gasteiger partial charge in [-0.2, -0.15) is 0 Å². The lowest BCUT2D eigenvalue weighted by atomic mass is 10.2. The highest BCUT2D eigenvalue weighted by atomic mass is 35.5. The molecule has 0 spiro atoms. The second-order valence-corrected chi connectivity index (χ2v) is 3.75. The first-order valence-corrected chi connectivity index (χ1v) is 5.38. The van der Waals surface area contributed by atoms with Crippen molar-refractivity contribution >= 4 is 18.5 Å². The molecule has 0 aliphatic rings. The SMILES string of the molecule is C[C@@H](N)CCNC(=O)OCc1ccccc1.Cl. The maximum absolute atomic E-state index is 11.2. The normalized spacial score (nSPS) is 11.2. The van der Waals surface area contributed by atoms with E-state index in [1.165, 1.54) is 0 Å². The zero-order valence-corrected chi connectivity index (χ0v) is 10.7. The molecular formula is C12H19ClN2O2. The standard InChI is InChI=1S/C12H18N2O2.ClH/c1-10(13)7-8-14-12(15)16-9-11-5-3-2-4-6-11;/h2-6,10H,7-9,13H2,1H3,(H,14,15);1H/t10-;/m1./s1. The van der Waals surface area contributed by atoms with Crippen LogP contribution in [0.1, 0.15) is 18.9 Å². The molecule has 0 aliphatic heterocycles. The molecule has 4 nitrogen and oxygen atoms in total. The van der Waals surface area contributed by atoms with E-state index in [2.05, 4.69) is 5.32 Å². The summed E-state index contributed by atoms with van der Waals surface area (Å²) in [5.41, 5.74) is 6.53. The highest BCUT2D eigenvalue weighted by Gasteiger charge is 2.02. The molecule has 1 aromatic rings. The van der Waals surface area contributed by atoms with E-state index in [0.717, 1.165) is 12.0 Å². The first-order valence-electron chi connectivity index (χ1n) is 5.38. The van der Waals surface area contributed by atoms with Gasteiger partial charge in [-0.1, -0.05) is 30.3 Å². The van der Waals surface area contributed by atoms with Gasteiger partial charge >= 0.3 is 6.09 Å². The molecule has 0 heterocycles. The number of benzene rings is 1. The van der Waals surface area contributed by atoms with Gasteiger partial charge in [0.15, 0.2) is 0 Å². The van der Waals surface area contributed by atoms with Crippen molar-refractivity contribution in [1.29, 1.82) is 0 Å². The highest BCUT2D eigenvalue weighted by molar-refractivity contribution is 5.85. The van der Waals surface area contributed by atoms with Crippen molar-refractivity contribution < 1.29 is 9.53 Å². The first kappa shape index (κ1) is 15.7. The molecule has 1 atom stereocenters. The Labute approximate surface area is 108 Å². The molecule has 17 heavy (non-hydrogen) atoms. The Morgan fingerprint density at radius 2 is 2.06 bits per heavy atom. The third kappa shape index (κ3) is 7.60. The summed E-state index contributed by atoms with van der Waals surface area (Å²) >= 11 is 0. The maximum Gasteiger partial charge on any atom is 0.407 e. The van der Waals surface area contributed by atoms with E-state index in [9.17, 15) is 4.79 Å². The van der Waals surface area contributed by atoms with Gasteiger partial charge in [-0.3, -0.25) is 0 Å². The number of amides is 1. The fourth-order valence-electron chi connectivity index (χ4n) is 1.18. The summed E-state index contributed by atoms with van der Waals surface area (Å²) in [6, 6.07) is 9.66. The molecule has 5 heteroatoms. The van der Waals surface area contributed by atoms with Crippen LogP contribution in [0, 0.1) is 0 Å². The van der Waals surface area contributed by atoms with Crippen molar-refractivity contribution in [3.8, 4) is 0 Å². The van der Waals surface area contributed by atoms with E-state index in [0.29, 0.717) is 13.2 Å². The minimum absolute atomic E-state index is 0. The smallest absolute Gasteiger partial charge is 0.407 e. The molecule has 1 aromatic carbocycles. The number of hydrogen-bond acceptors (Lipinski definition) is 3. The molecule has 1 rings (SSSR count). The Morgan fingerprint density at radius 1 is 1.41 bits per heavy atom. The average molecular weight is 259 g/mol. The molecule has 96 valence electrons. The number of rotatable bonds is 5. The highest BCUT2D eigenvalue weighted by Crippen LogP contribution is 2.00. The van der Waals surface area contributed by atoms with Crippen molar-refractivity contribution in [3.05, 3.63) is 35.9 Å². The second kappa shape index (κ2) is 8.84. The van der Waals surface area contributed by atoms with Gasteiger partial charge in [0.1, 0.15) is 6.61 Å². The molecule has 0 fully saturated rings. The monoisotopic (exact) mass is 258 g/mol. The Balaban J connectivity index is 0.00000256. The van der Waals surface area contributed by atoms with E-state index < -0.39 is 6.09 Å². The molecule has 0 aliphatic carbocycles. The molecule has 0 bridgehead atoms. The summed E-state index contributed by atoms with van der Waals surface area (Å²) in [7, 11) is 0. The van der Waals surface area contributed by atoms with Crippen LogP contribution in [-0.4, -0.2) is 18.7 Å². The van der Waals surface area contributed by atoms with E-state index in [4.69, 9.17) is 10.5 Å². The Hall–Kier alpha value is -1.26. The number of halogens is 1. The summed E-state index contributed by atoms with van der Waals surface area (Å²) in [6.45, 7) is 2.74. The third-order valence-corrected chi connectivity index (χ3v) is 2.08. The van der Waals surface area contributed by atoms with Crippen LogP contribution in [0.3, 0.4) is 0 Å². The van der Waals surface area contributed by atoms with Crippen LogP contribution >= 0.6 is 12.4 Å². The van der Waals surface area contributed by atoms with Gasteiger partial charge in [-0.25, -0.2) is 4.79 Å². The zero-order chi connectivity index (χ0) is 11.8. The van der Waals surface area contributed by atoms with Gasteiger partial charge < -0.3 is 15.8 Å². The van der Waals surface area contributed by atoms with Crippen LogP contribution in [0.15, 0.2) is 30.3 Å². The van der Waals surface area contributed by atoms with Crippen molar-refractivity contribution in [3.63, 3.8) is 0 Å². The van der Waals surface area contributed by atoms with Crippen LogP contribution in [0.25, 0.3) is 0 Å². The average Bonchev–Trinajstić information content (AvgIpc) is 2.27. The van der Waals surface area contributed by atoms with Crippen molar-refractivity contribution in [1.82, 2.24) is 5.32 Å². The molecule has 0 radical (unpaired) electrons. The fourth-order valence-corrected chi connectivity index (χ4v) is 1.18. The van der Waals surface area contributed by atoms with Gasteiger partial charge in [-0.05, 0) is 18.9 Å². The number of carbonyl (C=O) groups is 1. The molecule has 0 saturated carbocycles. The van der Waals surface area contributed by atoms with Gasteiger partial charge in [0.05, 0.1) is 0 Å². The number of alkyl carbamates (subject to hydrolysis) is 1.